The summed E-state index contributed by atoms with van der Waals surface area (Å²) in [6, 6.07) is 8.14. The van der Waals surface area contributed by atoms with Crippen LogP contribution < -0.4 is 9.64 Å². The van der Waals surface area contributed by atoms with Crippen molar-refractivity contribution in [3.8, 4) is 22.9 Å². The van der Waals surface area contributed by atoms with Gasteiger partial charge in [-0.1, -0.05) is 11.6 Å². The highest BCUT2D eigenvalue weighted by molar-refractivity contribution is 6.30. The van der Waals surface area contributed by atoms with Crippen molar-refractivity contribution in [2.24, 2.45) is 5.92 Å². The van der Waals surface area contributed by atoms with Gasteiger partial charge in [-0.25, -0.2) is 15.0 Å². The number of benzene rings is 1. The van der Waals surface area contributed by atoms with Gasteiger partial charge < -0.3 is 14.7 Å². The Labute approximate surface area is 259 Å². The molecule has 0 aliphatic carbocycles. The quantitative estimate of drug-likeness (QED) is 0.302. The second kappa shape index (κ2) is 13.7. The summed E-state index contributed by atoms with van der Waals surface area (Å²) in [5.74, 6) is 0.614. The van der Waals surface area contributed by atoms with Crippen molar-refractivity contribution in [3.63, 3.8) is 0 Å². The van der Waals surface area contributed by atoms with Crippen LogP contribution in [0, 0.1) is 12.8 Å². The number of likely N-dealkylation sites (tertiary alicyclic amines) is 1. The Kier molecular flexibility index (Phi) is 9.91. The normalized spacial score (nSPS) is 17.9. The molecule has 2 saturated heterocycles. The number of carboxylic acid groups (broad SMARTS) is 1. The van der Waals surface area contributed by atoms with Gasteiger partial charge >= 0.3 is 12.1 Å². The van der Waals surface area contributed by atoms with Crippen molar-refractivity contribution in [1.29, 1.82) is 0 Å². The van der Waals surface area contributed by atoms with Crippen molar-refractivity contribution < 1.29 is 27.8 Å². The Morgan fingerprint density at radius 3 is 2.34 bits per heavy atom. The molecule has 2 fully saturated rings. The molecule has 1 N–H and O–H groups in total. The molecule has 0 spiro atoms. The van der Waals surface area contributed by atoms with Gasteiger partial charge in [-0.2, -0.15) is 13.2 Å². The summed E-state index contributed by atoms with van der Waals surface area (Å²) in [6.45, 7) is 6.73. The molecule has 2 aliphatic heterocycles. The molecule has 0 radical (unpaired) electrons. The summed E-state index contributed by atoms with van der Waals surface area (Å²) in [4.78, 5) is 30.3. The van der Waals surface area contributed by atoms with Crippen LogP contribution in [0.25, 0.3) is 11.3 Å². The number of halogens is 4. The summed E-state index contributed by atoms with van der Waals surface area (Å²) in [5.41, 5.74) is 3.54. The van der Waals surface area contributed by atoms with E-state index in [1.807, 2.05) is 42.2 Å². The summed E-state index contributed by atoms with van der Waals surface area (Å²) in [5, 5.41) is 9.74. The molecule has 1 aromatic carbocycles. The average molecular weight is 633 g/mol. The number of piperidine rings is 1. The van der Waals surface area contributed by atoms with E-state index in [0.717, 1.165) is 42.6 Å². The molecule has 2 aromatic heterocycles. The lowest BCUT2D eigenvalue weighted by Gasteiger charge is -2.38. The predicted octanol–water partition coefficient (Wildman–Crippen LogP) is 6.05. The molecule has 13 heteroatoms. The summed E-state index contributed by atoms with van der Waals surface area (Å²) in [6.07, 6.45) is 0.693. The zero-order valence-corrected chi connectivity index (χ0v) is 25.5. The summed E-state index contributed by atoms with van der Waals surface area (Å²) in [7, 11) is 0. The van der Waals surface area contributed by atoms with Gasteiger partial charge in [0.15, 0.2) is 5.75 Å². The van der Waals surface area contributed by atoms with Gasteiger partial charge in [0.05, 0.1) is 18.1 Å². The first-order valence-electron chi connectivity index (χ1n) is 14.7. The first-order valence-corrected chi connectivity index (χ1v) is 15.1. The molecule has 1 unspecified atom stereocenters. The zero-order valence-electron chi connectivity index (χ0n) is 24.7. The molecule has 0 amide bonds. The van der Waals surface area contributed by atoms with Crippen molar-refractivity contribution in [2.45, 2.75) is 51.9 Å². The Bertz CT molecular complexity index is 1420. The largest absolute Gasteiger partial charge is 0.481 e. The first-order chi connectivity index (χ1) is 20.9. The van der Waals surface area contributed by atoms with Crippen LogP contribution in [0.1, 0.15) is 37.3 Å². The van der Waals surface area contributed by atoms with E-state index in [9.17, 15) is 18.0 Å². The van der Waals surface area contributed by atoms with E-state index in [1.54, 1.807) is 0 Å². The number of hydrogen-bond donors (Lipinski definition) is 1. The third-order valence-corrected chi connectivity index (χ3v) is 8.45. The van der Waals surface area contributed by atoms with E-state index in [1.165, 1.54) is 24.2 Å². The third-order valence-electron chi connectivity index (χ3n) is 8.23. The Morgan fingerprint density at radius 1 is 1.05 bits per heavy atom. The minimum Gasteiger partial charge on any atom is -0.481 e. The molecule has 5 rings (SSSR count). The second-order valence-electron chi connectivity index (χ2n) is 11.6. The topological polar surface area (TPSA) is 94.9 Å². The van der Waals surface area contributed by atoms with Gasteiger partial charge in [-0.15, -0.1) is 0 Å². The minimum atomic E-state index is -4.26. The fourth-order valence-corrected chi connectivity index (χ4v) is 6.04. The number of nitrogens with zero attached hydrogens (tertiary/aromatic N) is 6. The van der Waals surface area contributed by atoms with Crippen LogP contribution in [0.5, 0.6) is 11.6 Å². The van der Waals surface area contributed by atoms with Crippen LogP contribution in [0.3, 0.4) is 0 Å². The number of hydrogen-bond acceptors (Lipinski definition) is 8. The SMILES string of the molecule is Cc1cc(Cl)cc(-c2cc(CN3CCC(CC(=O)O)CC3)cc(Oc3cnc(N4CCN(C(C)C(F)(F)F)CC4)nc3)n2)c1. The Hall–Kier alpha value is -3.48. The lowest BCUT2D eigenvalue weighted by atomic mass is 9.93. The number of aryl methyl sites for hydroxylation is 1. The number of aromatic nitrogens is 3. The standard InChI is InChI=1S/C31H36ClF3N6O3/c1-20-11-24(16-25(32)12-20)27-13-23(19-39-5-3-22(4-6-39)15-29(42)43)14-28(38-27)44-26-17-36-30(37-18-26)41-9-7-40(8-10-41)21(2)31(33,34)35/h11-14,16-18,21-22H,3-10,15,19H2,1-2H3,(H,42,43). The van der Waals surface area contributed by atoms with Crippen molar-refractivity contribution in [1.82, 2.24) is 24.8 Å². The van der Waals surface area contributed by atoms with E-state index in [2.05, 4.69) is 14.9 Å². The van der Waals surface area contributed by atoms with Gasteiger partial charge in [0.2, 0.25) is 11.8 Å². The average Bonchev–Trinajstić information content (AvgIpc) is 2.97. The molecule has 0 saturated carbocycles. The molecule has 44 heavy (non-hydrogen) atoms. The van der Waals surface area contributed by atoms with Crippen LogP contribution in [0.2, 0.25) is 5.02 Å². The lowest BCUT2D eigenvalue weighted by Crippen LogP contribution is -2.54. The van der Waals surface area contributed by atoms with Gasteiger partial charge in [-0.05, 0) is 81.1 Å². The number of ether oxygens (including phenoxy) is 1. The van der Waals surface area contributed by atoms with Crippen LogP contribution >= 0.6 is 11.6 Å². The van der Waals surface area contributed by atoms with E-state index < -0.39 is 18.2 Å². The van der Waals surface area contributed by atoms with Gasteiger partial charge in [0.25, 0.3) is 0 Å². The van der Waals surface area contributed by atoms with Crippen LogP contribution in [-0.2, 0) is 11.3 Å². The highest BCUT2D eigenvalue weighted by Gasteiger charge is 2.41. The van der Waals surface area contributed by atoms with Gasteiger partial charge in [-0.3, -0.25) is 14.6 Å². The summed E-state index contributed by atoms with van der Waals surface area (Å²) >= 11 is 6.35. The maximum absolute atomic E-state index is 13.1. The molecule has 2 aliphatic rings. The molecule has 236 valence electrons. The van der Waals surface area contributed by atoms with E-state index >= 15 is 0 Å². The fraction of sp³-hybridized carbons (Fsp3) is 0.484. The fourth-order valence-electron chi connectivity index (χ4n) is 5.75. The van der Waals surface area contributed by atoms with Crippen LogP contribution in [0.15, 0.2) is 42.7 Å². The third kappa shape index (κ3) is 8.36. The van der Waals surface area contributed by atoms with E-state index in [0.29, 0.717) is 47.9 Å². The number of piperazine rings is 1. The van der Waals surface area contributed by atoms with Gasteiger partial charge in [0, 0.05) is 55.8 Å². The highest BCUT2D eigenvalue weighted by atomic mass is 35.5. The molecule has 0 bridgehead atoms. The maximum atomic E-state index is 13.1. The van der Waals surface area contributed by atoms with Crippen molar-refractivity contribution in [2.75, 3.05) is 44.2 Å². The predicted molar refractivity (Wildman–Crippen MR) is 161 cm³/mol. The number of aliphatic carboxylic acids is 1. The lowest BCUT2D eigenvalue weighted by molar-refractivity contribution is -0.179. The highest BCUT2D eigenvalue weighted by Crippen LogP contribution is 2.30. The number of alkyl halides is 3. The number of anilines is 1. The Balaban J connectivity index is 1.29. The molecule has 9 nitrogen and oxygen atoms in total. The number of carboxylic acids is 1. The maximum Gasteiger partial charge on any atom is 0.403 e. The zero-order chi connectivity index (χ0) is 31.4. The number of pyridine rings is 1. The number of rotatable bonds is 9. The monoisotopic (exact) mass is 632 g/mol. The van der Waals surface area contributed by atoms with Crippen LogP contribution in [0.4, 0.5) is 19.1 Å². The molecule has 1 atom stereocenters. The molecular formula is C31H36ClF3N6O3. The van der Waals surface area contributed by atoms with Crippen LogP contribution in [-0.4, -0.2) is 87.3 Å². The number of carbonyl (C=O) groups is 1. The first kappa shape index (κ1) is 31.9. The second-order valence-corrected chi connectivity index (χ2v) is 12.0. The van der Waals surface area contributed by atoms with E-state index in [4.69, 9.17) is 26.4 Å². The van der Waals surface area contributed by atoms with Gasteiger partial charge in [0.1, 0.15) is 6.04 Å². The summed E-state index contributed by atoms with van der Waals surface area (Å²) < 4.78 is 45.4. The van der Waals surface area contributed by atoms with Crippen molar-refractivity contribution in [3.05, 3.63) is 58.9 Å². The van der Waals surface area contributed by atoms with E-state index in [-0.39, 0.29) is 25.4 Å². The van der Waals surface area contributed by atoms with Crippen molar-refractivity contribution >= 4 is 23.5 Å². The smallest absolute Gasteiger partial charge is 0.403 e. The molecule has 4 heterocycles. The Morgan fingerprint density at radius 2 is 1.73 bits per heavy atom. The molecular weight excluding hydrogens is 597 g/mol. The minimum absolute atomic E-state index is 0.195. The molecule has 3 aromatic rings.